The lowest BCUT2D eigenvalue weighted by Crippen LogP contribution is -2.54. The number of para-hydroxylation sites is 1. The highest BCUT2D eigenvalue weighted by molar-refractivity contribution is 6.39. The van der Waals surface area contributed by atoms with Gasteiger partial charge in [0.15, 0.2) is 18.1 Å². The van der Waals surface area contributed by atoms with Crippen molar-refractivity contribution in [1.82, 2.24) is 5.32 Å². The van der Waals surface area contributed by atoms with Gasteiger partial charge < -0.3 is 14.8 Å². The number of benzene rings is 3. The number of methoxy groups -OCH3 is 1. The summed E-state index contributed by atoms with van der Waals surface area (Å²) in [5.41, 5.74) is 2.69. The molecule has 0 bridgehead atoms. The van der Waals surface area contributed by atoms with Crippen LogP contribution >= 0.6 is 11.6 Å². The lowest BCUT2D eigenvalue weighted by molar-refractivity contribution is -0.122. The molecule has 9 nitrogen and oxygen atoms in total. The Kier molecular flexibility index (Phi) is 7.78. The zero-order valence-corrected chi connectivity index (χ0v) is 21.6. The summed E-state index contributed by atoms with van der Waals surface area (Å²) in [5, 5.41) is 5.31. The molecule has 1 fully saturated rings. The lowest BCUT2D eigenvalue weighted by atomic mass is 10.1. The molecule has 1 aliphatic rings. The molecule has 0 saturated carbocycles. The van der Waals surface area contributed by atoms with Gasteiger partial charge in [0.25, 0.3) is 17.7 Å². The van der Waals surface area contributed by atoms with Gasteiger partial charge in [-0.25, -0.2) is 9.69 Å². The van der Waals surface area contributed by atoms with Crippen LogP contribution in [0.15, 0.2) is 66.2 Å². The molecule has 0 aliphatic carbocycles. The molecule has 1 aliphatic heterocycles. The van der Waals surface area contributed by atoms with Crippen LogP contribution in [0.3, 0.4) is 0 Å². The SMILES string of the molecule is COc1cc(/C=C2\C(=O)NC(=O)N(c3cc(Cl)ccc3C)C2=O)ccc1OCC(=O)Nc1ccccc1C. The number of rotatable bonds is 7. The number of hydrogen-bond donors (Lipinski definition) is 2. The van der Waals surface area contributed by atoms with Crippen molar-refractivity contribution >= 4 is 52.8 Å². The second-order valence-electron chi connectivity index (χ2n) is 8.45. The summed E-state index contributed by atoms with van der Waals surface area (Å²) in [5.74, 6) is -1.40. The number of ether oxygens (including phenoxy) is 2. The highest BCUT2D eigenvalue weighted by atomic mass is 35.5. The minimum absolute atomic E-state index is 0.252. The van der Waals surface area contributed by atoms with Crippen LogP contribution in [-0.4, -0.2) is 37.5 Å². The largest absolute Gasteiger partial charge is 0.493 e. The molecule has 3 aromatic rings. The Morgan fingerprint density at radius 1 is 1.00 bits per heavy atom. The Labute approximate surface area is 224 Å². The first-order valence-corrected chi connectivity index (χ1v) is 11.9. The summed E-state index contributed by atoms with van der Waals surface area (Å²) in [6.07, 6.45) is 1.34. The van der Waals surface area contributed by atoms with Crippen LogP contribution in [0.4, 0.5) is 16.2 Å². The van der Waals surface area contributed by atoms with E-state index in [1.807, 2.05) is 25.1 Å². The second-order valence-corrected chi connectivity index (χ2v) is 8.89. The van der Waals surface area contributed by atoms with E-state index < -0.39 is 17.8 Å². The average molecular weight is 534 g/mol. The summed E-state index contributed by atoms with van der Waals surface area (Å²) in [7, 11) is 1.42. The maximum Gasteiger partial charge on any atom is 0.335 e. The molecule has 38 heavy (non-hydrogen) atoms. The van der Waals surface area contributed by atoms with E-state index in [2.05, 4.69) is 10.6 Å². The van der Waals surface area contributed by atoms with E-state index in [4.69, 9.17) is 21.1 Å². The second kappa shape index (κ2) is 11.2. The molecule has 10 heteroatoms. The summed E-state index contributed by atoms with van der Waals surface area (Å²) >= 11 is 6.07. The first-order chi connectivity index (χ1) is 18.2. The third-order valence-electron chi connectivity index (χ3n) is 5.79. The van der Waals surface area contributed by atoms with Gasteiger partial charge in [0.2, 0.25) is 0 Å². The van der Waals surface area contributed by atoms with Crippen molar-refractivity contribution in [3.8, 4) is 11.5 Å². The first-order valence-electron chi connectivity index (χ1n) is 11.5. The fourth-order valence-electron chi connectivity index (χ4n) is 3.80. The predicted octanol–water partition coefficient (Wildman–Crippen LogP) is 4.65. The first kappa shape index (κ1) is 26.4. The standard InChI is InChI=1S/C28H24ClN3O6/c1-16-6-4-5-7-21(16)30-25(33)15-38-23-11-9-18(13-24(23)37-3)12-20-26(34)31-28(36)32(27(20)35)22-14-19(29)10-8-17(22)2/h4-14H,15H2,1-3H3,(H,30,33)(H,31,34,36)/b20-12+. The van der Waals surface area contributed by atoms with Gasteiger partial charge in [0.05, 0.1) is 12.8 Å². The van der Waals surface area contributed by atoms with Crippen molar-refractivity contribution < 1.29 is 28.7 Å². The highest BCUT2D eigenvalue weighted by Gasteiger charge is 2.37. The third kappa shape index (κ3) is 5.68. The fourth-order valence-corrected chi connectivity index (χ4v) is 3.97. The number of halogens is 1. The Morgan fingerprint density at radius 2 is 1.76 bits per heavy atom. The molecule has 3 aromatic carbocycles. The van der Waals surface area contributed by atoms with Gasteiger partial charge in [-0.15, -0.1) is 0 Å². The minimum Gasteiger partial charge on any atom is -0.493 e. The molecule has 4 rings (SSSR count). The van der Waals surface area contributed by atoms with E-state index in [0.29, 0.717) is 27.6 Å². The number of nitrogens with zero attached hydrogens (tertiary/aromatic N) is 1. The number of aryl methyl sites for hydroxylation is 2. The molecule has 1 saturated heterocycles. The molecule has 5 amide bonds. The zero-order chi connectivity index (χ0) is 27.4. The van der Waals surface area contributed by atoms with Crippen molar-refractivity contribution in [3.05, 3.63) is 87.9 Å². The highest BCUT2D eigenvalue weighted by Crippen LogP contribution is 2.31. The number of barbiturate groups is 1. The molecule has 2 N–H and O–H groups in total. The monoisotopic (exact) mass is 533 g/mol. The van der Waals surface area contributed by atoms with Crippen molar-refractivity contribution in [3.63, 3.8) is 0 Å². The Hall–Kier alpha value is -4.63. The van der Waals surface area contributed by atoms with Crippen LogP contribution < -0.4 is 25.0 Å². The molecule has 0 aromatic heterocycles. The summed E-state index contributed by atoms with van der Waals surface area (Å²) in [4.78, 5) is 51.5. The number of anilines is 2. The van der Waals surface area contributed by atoms with Crippen molar-refractivity contribution in [2.45, 2.75) is 13.8 Å². The zero-order valence-electron chi connectivity index (χ0n) is 20.8. The van der Waals surface area contributed by atoms with Crippen molar-refractivity contribution in [2.75, 3.05) is 23.9 Å². The minimum atomic E-state index is -0.868. The maximum absolute atomic E-state index is 13.2. The Balaban J connectivity index is 1.54. The van der Waals surface area contributed by atoms with E-state index in [0.717, 1.165) is 10.5 Å². The topological polar surface area (TPSA) is 114 Å². The molecule has 0 unspecified atom stereocenters. The molecule has 0 spiro atoms. The number of nitrogens with one attached hydrogen (secondary N) is 2. The van der Waals surface area contributed by atoms with E-state index in [1.54, 1.807) is 43.3 Å². The molecule has 0 radical (unpaired) electrons. The van der Waals surface area contributed by atoms with Crippen LogP contribution in [0.2, 0.25) is 5.02 Å². The van der Waals surface area contributed by atoms with Crippen LogP contribution in [0.1, 0.15) is 16.7 Å². The summed E-state index contributed by atoms with van der Waals surface area (Å²) < 4.78 is 11.0. The number of hydrogen-bond acceptors (Lipinski definition) is 6. The van der Waals surface area contributed by atoms with Gasteiger partial charge in [-0.05, 0) is 66.9 Å². The molecular formula is C28H24ClN3O6. The van der Waals surface area contributed by atoms with E-state index in [1.165, 1.54) is 19.3 Å². The van der Waals surface area contributed by atoms with E-state index in [-0.39, 0.29) is 29.5 Å². The maximum atomic E-state index is 13.2. The van der Waals surface area contributed by atoms with Gasteiger partial charge >= 0.3 is 6.03 Å². The normalized spacial score (nSPS) is 14.4. The van der Waals surface area contributed by atoms with Gasteiger partial charge in [-0.2, -0.15) is 0 Å². The van der Waals surface area contributed by atoms with Gasteiger partial charge in [-0.3, -0.25) is 19.7 Å². The number of carbonyl (C=O) groups excluding carboxylic acids is 4. The number of amides is 5. The van der Waals surface area contributed by atoms with Crippen molar-refractivity contribution in [2.24, 2.45) is 0 Å². The number of carbonyl (C=O) groups is 4. The molecular weight excluding hydrogens is 510 g/mol. The lowest BCUT2D eigenvalue weighted by Gasteiger charge is -2.27. The number of imide groups is 2. The molecule has 1 heterocycles. The average Bonchev–Trinajstić information content (AvgIpc) is 2.88. The molecule has 194 valence electrons. The fraction of sp³-hybridized carbons (Fsp3) is 0.143. The smallest absolute Gasteiger partial charge is 0.335 e. The van der Waals surface area contributed by atoms with E-state index >= 15 is 0 Å². The van der Waals surface area contributed by atoms with Crippen molar-refractivity contribution in [1.29, 1.82) is 0 Å². The van der Waals surface area contributed by atoms with E-state index in [9.17, 15) is 19.2 Å². The van der Waals surface area contributed by atoms with Gasteiger partial charge in [0.1, 0.15) is 5.57 Å². The van der Waals surface area contributed by atoms with Gasteiger partial charge in [0, 0.05) is 10.7 Å². The van der Waals surface area contributed by atoms with Crippen LogP contribution in [0.25, 0.3) is 6.08 Å². The van der Waals surface area contributed by atoms with Crippen LogP contribution in [0.5, 0.6) is 11.5 Å². The van der Waals surface area contributed by atoms with Crippen LogP contribution in [-0.2, 0) is 14.4 Å². The summed E-state index contributed by atoms with van der Waals surface area (Å²) in [6.45, 7) is 3.34. The van der Waals surface area contributed by atoms with Gasteiger partial charge in [-0.1, -0.05) is 41.9 Å². The summed E-state index contributed by atoms with van der Waals surface area (Å²) in [6, 6.07) is 16.0. The van der Waals surface area contributed by atoms with Crippen LogP contribution in [0, 0.1) is 13.8 Å². The number of urea groups is 1. The predicted molar refractivity (Wildman–Crippen MR) is 143 cm³/mol. The quantitative estimate of drug-likeness (QED) is 0.337. The Bertz CT molecular complexity index is 1480. The Morgan fingerprint density at radius 3 is 2.50 bits per heavy atom. The third-order valence-corrected chi connectivity index (χ3v) is 6.03. The molecule has 0 atom stereocenters.